The van der Waals surface area contributed by atoms with Crippen LogP contribution in [0.2, 0.25) is 0 Å². The lowest BCUT2D eigenvalue weighted by Crippen LogP contribution is -2.15. The maximum Gasteiger partial charge on any atom is 0.303 e. The zero-order valence-electron chi connectivity index (χ0n) is 8.93. The Morgan fingerprint density at radius 3 is 2.80 bits per heavy atom. The van der Waals surface area contributed by atoms with E-state index in [0.29, 0.717) is 24.6 Å². The van der Waals surface area contributed by atoms with Crippen molar-refractivity contribution in [1.82, 2.24) is 15.0 Å². The summed E-state index contributed by atoms with van der Waals surface area (Å²) in [7, 11) is 3.92. The van der Waals surface area contributed by atoms with Crippen molar-refractivity contribution in [3.05, 3.63) is 11.7 Å². The van der Waals surface area contributed by atoms with Gasteiger partial charge in [0.1, 0.15) is 0 Å². The molecule has 0 aliphatic rings. The second-order valence-electron chi connectivity index (χ2n) is 3.55. The van der Waals surface area contributed by atoms with Gasteiger partial charge in [0.15, 0.2) is 5.82 Å². The summed E-state index contributed by atoms with van der Waals surface area (Å²) in [5.74, 6) is 0.171. The molecule has 6 heteroatoms. The number of carboxylic acid groups (broad SMARTS) is 1. The summed E-state index contributed by atoms with van der Waals surface area (Å²) in [5, 5.41) is 12.2. The zero-order chi connectivity index (χ0) is 11.3. The Bertz CT molecular complexity index is 322. The van der Waals surface area contributed by atoms with Gasteiger partial charge in [-0.1, -0.05) is 5.16 Å². The predicted molar refractivity (Wildman–Crippen MR) is 52.5 cm³/mol. The monoisotopic (exact) mass is 213 g/mol. The molecule has 1 rings (SSSR count). The van der Waals surface area contributed by atoms with Crippen molar-refractivity contribution in [3.63, 3.8) is 0 Å². The van der Waals surface area contributed by atoms with Crippen molar-refractivity contribution in [1.29, 1.82) is 0 Å². The normalized spacial score (nSPS) is 10.9. The summed E-state index contributed by atoms with van der Waals surface area (Å²) in [4.78, 5) is 16.4. The second-order valence-corrected chi connectivity index (χ2v) is 3.55. The van der Waals surface area contributed by atoms with Gasteiger partial charge in [0.2, 0.25) is 5.89 Å². The molecule has 1 N–H and O–H groups in total. The summed E-state index contributed by atoms with van der Waals surface area (Å²) in [5.41, 5.74) is 0. The van der Waals surface area contributed by atoms with E-state index in [4.69, 9.17) is 9.63 Å². The number of hydrogen-bond acceptors (Lipinski definition) is 5. The minimum absolute atomic E-state index is 0.0344. The Morgan fingerprint density at radius 1 is 1.47 bits per heavy atom. The largest absolute Gasteiger partial charge is 0.481 e. The number of nitrogens with zero attached hydrogens (tertiary/aromatic N) is 3. The molecule has 6 nitrogen and oxygen atoms in total. The highest BCUT2D eigenvalue weighted by Gasteiger charge is 2.08. The SMILES string of the molecule is CN(C)CCc1nc(CCC(=O)O)no1. The fraction of sp³-hybridized carbons (Fsp3) is 0.667. The Morgan fingerprint density at radius 2 is 2.20 bits per heavy atom. The Balaban J connectivity index is 2.38. The highest BCUT2D eigenvalue weighted by atomic mass is 16.5. The van der Waals surface area contributed by atoms with Crippen molar-refractivity contribution in [2.45, 2.75) is 19.3 Å². The average Bonchev–Trinajstić information content (AvgIpc) is 2.59. The van der Waals surface area contributed by atoms with Crippen molar-refractivity contribution in [2.75, 3.05) is 20.6 Å². The molecular formula is C9H15N3O3. The Kier molecular flexibility index (Phi) is 4.23. The van der Waals surface area contributed by atoms with Crippen LogP contribution in [0.4, 0.5) is 0 Å². The van der Waals surface area contributed by atoms with Crippen LogP contribution >= 0.6 is 0 Å². The molecule has 0 aliphatic heterocycles. The average molecular weight is 213 g/mol. The fourth-order valence-electron chi connectivity index (χ4n) is 1.03. The second kappa shape index (κ2) is 5.45. The number of carboxylic acids is 1. The third-order valence-corrected chi connectivity index (χ3v) is 1.85. The number of aryl methyl sites for hydroxylation is 1. The van der Waals surface area contributed by atoms with Crippen LogP contribution in [-0.4, -0.2) is 46.8 Å². The summed E-state index contributed by atoms with van der Waals surface area (Å²) >= 11 is 0. The molecule has 0 fully saturated rings. The fourth-order valence-corrected chi connectivity index (χ4v) is 1.03. The van der Waals surface area contributed by atoms with Gasteiger partial charge >= 0.3 is 5.97 Å². The Hall–Kier alpha value is -1.43. The van der Waals surface area contributed by atoms with Crippen LogP contribution in [0.15, 0.2) is 4.52 Å². The van der Waals surface area contributed by atoms with E-state index in [0.717, 1.165) is 6.54 Å². The van der Waals surface area contributed by atoms with E-state index in [-0.39, 0.29) is 6.42 Å². The quantitative estimate of drug-likeness (QED) is 0.726. The van der Waals surface area contributed by atoms with Gasteiger partial charge in [0, 0.05) is 19.4 Å². The minimum Gasteiger partial charge on any atom is -0.481 e. The molecule has 0 aromatic carbocycles. The molecule has 15 heavy (non-hydrogen) atoms. The Labute approximate surface area is 87.9 Å². The molecule has 84 valence electrons. The number of aliphatic carboxylic acids is 1. The number of aromatic nitrogens is 2. The van der Waals surface area contributed by atoms with Crippen LogP contribution < -0.4 is 0 Å². The first kappa shape index (κ1) is 11.6. The number of hydrogen-bond donors (Lipinski definition) is 1. The van der Waals surface area contributed by atoms with Crippen molar-refractivity contribution >= 4 is 5.97 Å². The molecule has 1 aromatic heterocycles. The van der Waals surface area contributed by atoms with E-state index < -0.39 is 5.97 Å². The van der Waals surface area contributed by atoms with Gasteiger partial charge in [-0.3, -0.25) is 4.79 Å². The molecule has 0 aliphatic carbocycles. The first-order valence-corrected chi connectivity index (χ1v) is 4.76. The molecule has 0 atom stereocenters. The third-order valence-electron chi connectivity index (χ3n) is 1.85. The van der Waals surface area contributed by atoms with Crippen LogP contribution in [0.3, 0.4) is 0 Å². The lowest BCUT2D eigenvalue weighted by Gasteiger charge is -2.05. The third kappa shape index (κ3) is 4.55. The van der Waals surface area contributed by atoms with Gasteiger partial charge in [-0.25, -0.2) is 0 Å². The first-order chi connectivity index (χ1) is 7.08. The van der Waals surface area contributed by atoms with E-state index in [2.05, 4.69) is 10.1 Å². The van der Waals surface area contributed by atoms with E-state index in [9.17, 15) is 4.79 Å². The maximum atomic E-state index is 10.3. The zero-order valence-corrected chi connectivity index (χ0v) is 8.93. The van der Waals surface area contributed by atoms with Gasteiger partial charge in [0.05, 0.1) is 6.42 Å². The number of likely N-dealkylation sites (N-methyl/N-ethyl adjacent to an activating group) is 1. The molecule has 0 bridgehead atoms. The van der Waals surface area contributed by atoms with Gasteiger partial charge < -0.3 is 14.5 Å². The lowest BCUT2D eigenvalue weighted by molar-refractivity contribution is -0.137. The highest BCUT2D eigenvalue weighted by molar-refractivity contribution is 5.66. The van der Waals surface area contributed by atoms with Crippen molar-refractivity contribution < 1.29 is 14.4 Å². The summed E-state index contributed by atoms with van der Waals surface area (Å²) in [6.45, 7) is 0.834. The molecule has 0 saturated carbocycles. The topological polar surface area (TPSA) is 79.5 Å². The molecule has 1 heterocycles. The standard InChI is InChI=1S/C9H15N3O3/c1-12(2)6-5-8-10-7(11-15-8)3-4-9(13)14/h3-6H2,1-2H3,(H,13,14). The van der Waals surface area contributed by atoms with Crippen LogP contribution in [0.1, 0.15) is 18.1 Å². The van der Waals surface area contributed by atoms with E-state index in [1.54, 1.807) is 0 Å². The molecule has 1 aromatic rings. The van der Waals surface area contributed by atoms with Crippen LogP contribution in [-0.2, 0) is 17.6 Å². The molecule has 0 spiro atoms. The van der Waals surface area contributed by atoms with Gasteiger partial charge in [0.25, 0.3) is 0 Å². The van der Waals surface area contributed by atoms with Crippen LogP contribution in [0, 0.1) is 0 Å². The van der Waals surface area contributed by atoms with Gasteiger partial charge in [-0.2, -0.15) is 4.98 Å². The molecular weight excluding hydrogens is 198 g/mol. The first-order valence-electron chi connectivity index (χ1n) is 4.76. The van der Waals surface area contributed by atoms with E-state index in [1.807, 2.05) is 19.0 Å². The molecule has 0 radical (unpaired) electrons. The van der Waals surface area contributed by atoms with E-state index in [1.165, 1.54) is 0 Å². The summed E-state index contributed by atoms with van der Waals surface area (Å²) in [6.07, 6.45) is 1.04. The van der Waals surface area contributed by atoms with Crippen LogP contribution in [0.25, 0.3) is 0 Å². The highest BCUT2D eigenvalue weighted by Crippen LogP contribution is 2.01. The maximum absolute atomic E-state index is 10.3. The van der Waals surface area contributed by atoms with Crippen LogP contribution in [0.5, 0.6) is 0 Å². The lowest BCUT2D eigenvalue weighted by atomic mass is 10.3. The van der Waals surface area contributed by atoms with E-state index >= 15 is 0 Å². The number of carbonyl (C=O) groups is 1. The van der Waals surface area contributed by atoms with Crippen molar-refractivity contribution in [3.8, 4) is 0 Å². The summed E-state index contributed by atoms with van der Waals surface area (Å²) < 4.78 is 4.97. The molecule has 0 saturated heterocycles. The number of rotatable bonds is 6. The smallest absolute Gasteiger partial charge is 0.303 e. The molecule has 0 amide bonds. The summed E-state index contributed by atoms with van der Waals surface area (Å²) in [6, 6.07) is 0. The van der Waals surface area contributed by atoms with Gasteiger partial charge in [-0.15, -0.1) is 0 Å². The van der Waals surface area contributed by atoms with Crippen molar-refractivity contribution in [2.24, 2.45) is 0 Å². The molecule has 0 unspecified atom stereocenters. The van der Waals surface area contributed by atoms with Gasteiger partial charge in [-0.05, 0) is 14.1 Å². The predicted octanol–water partition coefficient (Wildman–Crippen LogP) is 0.191. The minimum atomic E-state index is -0.852.